The van der Waals surface area contributed by atoms with E-state index in [1.165, 1.54) is 13.8 Å². The van der Waals surface area contributed by atoms with Crippen molar-refractivity contribution in [3.63, 3.8) is 0 Å². The summed E-state index contributed by atoms with van der Waals surface area (Å²) in [5, 5.41) is 12.5. The molecular weight excluding hydrogens is 303 g/mol. The first-order valence-corrected chi connectivity index (χ1v) is 6.54. The van der Waals surface area contributed by atoms with Crippen LogP contribution >= 0.6 is 0 Å². The van der Waals surface area contributed by atoms with E-state index in [0.29, 0.717) is 6.20 Å². The zero-order valence-corrected chi connectivity index (χ0v) is 13.0. The third-order valence-electron chi connectivity index (χ3n) is 2.67. The average molecular weight is 323 g/mol. The van der Waals surface area contributed by atoms with Gasteiger partial charge in [-0.1, -0.05) is 0 Å². The topological polar surface area (TPSA) is 87.2 Å². The highest BCUT2D eigenvalue weighted by Crippen LogP contribution is 2.30. The van der Waals surface area contributed by atoms with Gasteiger partial charge in [0.2, 0.25) is 0 Å². The molecule has 126 valence electrons. The third kappa shape index (κ3) is 4.90. The lowest BCUT2D eigenvalue weighted by Gasteiger charge is -2.31. The number of hydrogen-bond acceptors (Lipinski definition) is 4. The molecule has 22 heavy (non-hydrogen) atoms. The number of alkyl halides is 3. The first-order chi connectivity index (χ1) is 9.72. The van der Waals surface area contributed by atoms with Crippen LogP contribution in [0.1, 0.15) is 52.2 Å². The largest absolute Gasteiger partial charge is 0.444 e. The Balaban J connectivity index is 2.84. The number of imidazole rings is 1. The van der Waals surface area contributed by atoms with E-state index in [2.05, 4.69) is 10.3 Å². The van der Waals surface area contributed by atoms with Crippen LogP contribution in [0.15, 0.2) is 6.20 Å². The first-order valence-electron chi connectivity index (χ1n) is 6.54. The fourth-order valence-electron chi connectivity index (χ4n) is 1.60. The Morgan fingerprint density at radius 3 is 2.27 bits per heavy atom. The van der Waals surface area contributed by atoms with E-state index in [0.717, 1.165) is 0 Å². The van der Waals surface area contributed by atoms with E-state index >= 15 is 0 Å². The fourth-order valence-corrected chi connectivity index (χ4v) is 1.60. The summed E-state index contributed by atoms with van der Waals surface area (Å²) in [7, 11) is 0. The van der Waals surface area contributed by atoms with Crippen LogP contribution < -0.4 is 5.32 Å². The predicted molar refractivity (Wildman–Crippen MR) is 72.0 cm³/mol. The molecule has 1 heterocycles. The highest BCUT2D eigenvalue weighted by atomic mass is 19.4. The van der Waals surface area contributed by atoms with Gasteiger partial charge in [0.1, 0.15) is 23.2 Å². The standard InChI is InChI=1S/C13H20F3N3O3/c1-11(2,3)22-10(21)19-12(4,5)8(20)9-17-6-7(18-9)13(14,15)16/h6,8,20H,1-5H3,(H,17,18)(H,19,21). The Labute approximate surface area is 126 Å². The van der Waals surface area contributed by atoms with E-state index in [1.54, 1.807) is 20.8 Å². The molecule has 1 amide bonds. The minimum Gasteiger partial charge on any atom is -0.444 e. The van der Waals surface area contributed by atoms with Crippen molar-refractivity contribution in [2.24, 2.45) is 0 Å². The number of H-pyrrole nitrogens is 1. The lowest BCUT2D eigenvalue weighted by Crippen LogP contribution is -2.50. The smallest absolute Gasteiger partial charge is 0.432 e. The zero-order valence-electron chi connectivity index (χ0n) is 13.0. The second-order valence-electron chi connectivity index (χ2n) is 6.43. The number of carbonyl (C=O) groups excluding carboxylic acids is 1. The van der Waals surface area contributed by atoms with Crippen molar-refractivity contribution in [3.8, 4) is 0 Å². The summed E-state index contributed by atoms with van der Waals surface area (Å²) >= 11 is 0. The van der Waals surface area contributed by atoms with Crippen LogP contribution in [0.2, 0.25) is 0 Å². The number of alkyl carbamates (subject to hydrolysis) is 1. The molecule has 0 aromatic carbocycles. The number of hydrogen-bond donors (Lipinski definition) is 3. The Bertz CT molecular complexity index is 533. The lowest BCUT2D eigenvalue weighted by molar-refractivity contribution is -0.141. The molecule has 1 rings (SSSR count). The molecule has 0 saturated heterocycles. The SMILES string of the molecule is CC(C)(C)OC(=O)NC(C)(C)C(O)c1ncc(C(F)(F)F)[nH]1. The second-order valence-corrected chi connectivity index (χ2v) is 6.43. The van der Waals surface area contributed by atoms with Crippen LogP contribution in [0, 0.1) is 0 Å². The highest BCUT2D eigenvalue weighted by Gasteiger charge is 2.38. The van der Waals surface area contributed by atoms with Gasteiger partial charge in [0.15, 0.2) is 0 Å². The Morgan fingerprint density at radius 2 is 1.86 bits per heavy atom. The van der Waals surface area contributed by atoms with Crippen LogP contribution in [-0.2, 0) is 10.9 Å². The molecule has 6 nitrogen and oxygen atoms in total. The van der Waals surface area contributed by atoms with Gasteiger partial charge in [-0.05, 0) is 34.6 Å². The van der Waals surface area contributed by atoms with Gasteiger partial charge in [-0.3, -0.25) is 0 Å². The molecule has 0 saturated carbocycles. The molecule has 1 unspecified atom stereocenters. The molecule has 3 N–H and O–H groups in total. The predicted octanol–water partition coefficient (Wildman–Crippen LogP) is 2.77. The molecule has 0 radical (unpaired) electrons. The van der Waals surface area contributed by atoms with Crippen LogP contribution in [0.4, 0.5) is 18.0 Å². The molecule has 0 spiro atoms. The van der Waals surface area contributed by atoms with Gasteiger partial charge in [0.25, 0.3) is 0 Å². The molecule has 1 aromatic heterocycles. The molecule has 0 bridgehead atoms. The molecule has 1 aromatic rings. The van der Waals surface area contributed by atoms with Gasteiger partial charge in [0, 0.05) is 0 Å². The van der Waals surface area contributed by atoms with E-state index in [9.17, 15) is 23.1 Å². The van der Waals surface area contributed by atoms with Gasteiger partial charge in [-0.25, -0.2) is 9.78 Å². The van der Waals surface area contributed by atoms with Gasteiger partial charge < -0.3 is 20.1 Å². The van der Waals surface area contributed by atoms with Crippen LogP contribution in [0.3, 0.4) is 0 Å². The number of aliphatic hydroxyl groups excluding tert-OH is 1. The van der Waals surface area contributed by atoms with E-state index in [1.807, 2.05) is 4.98 Å². The summed E-state index contributed by atoms with van der Waals surface area (Å²) in [4.78, 5) is 17.2. The van der Waals surface area contributed by atoms with Crippen molar-refractivity contribution in [1.29, 1.82) is 0 Å². The number of aliphatic hydroxyl groups is 1. The zero-order chi connectivity index (χ0) is 17.3. The normalized spacial score (nSPS) is 14.6. The molecule has 0 fully saturated rings. The van der Waals surface area contributed by atoms with Crippen molar-refractivity contribution in [3.05, 3.63) is 17.7 Å². The van der Waals surface area contributed by atoms with Crippen molar-refractivity contribution < 1.29 is 27.8 Å². The summed E-state index contributed by atoms with van der Waals surface area (Å²) in [6.07, 6.45) is -6.27. The van der Waals surface area contributed by atoms with Crippen LogP contribution in [0.5, 0.6) is 0 Å². The number of halogens is 3. The maximum atomic E-state index is 12.5. The minimum atomic E-state index is -4.59. The number of amides is 1. The van der Waals surface area contributed by atoms with Gasteiger partial charge >= 0.3 is 12.3 Å². The number of ether oxygens (including phenoxy) is 1. The van der Waals surface area contributed by atoms with Crippen LogP contribution in [0.25, 0.3) is 0 Å². The number of rotatable bonds is 3. The number of nitrogens with one attached hydrogen (secondary N) is 2. The fraction of sp³-hybridized carbons (Fsp3) is 0.692. The number of aromatic nitrogens is 2. The van der Waals surface area contributed by atoms with E-state index < -0.39 is 35.2 Å². The molecule has 1 atom stereocenters. The van der Waals surface area contributed by atoms with E-state index in [4.69, 9.17) is 4.74 Å². The summed E-state index contributed by atoms with van der Waals surface area (Å²) in [5.41, 5.74) is -3.10. The van der Waals surface area contributed by atoms with Gasteiger partial charge in [0.05, 0.1) is 11.7 Å². The summed E-state index contributed by atoms with van der Waals surface area (Å²) in [5.74, 6) is -0.298. The van der Waals surface area contributed by atoms with Crippen molar-refractivity contribution >= 4 is 6.09 Å². The highest BCUT2D eigenvalue weighted by molar-refractivity contribution is 5.68. The molecule has 9 heteroatoms. The summed E-state index contributed by atoms with van der Waals surface area (Å²) in [6.45, 7) is 7.88. The van der Waals surface area contributed by atoms with E-state index in [-0.39, 0.29) is 5.82 Å². The number of nitrogens with zero attached hydrogens (tertiary/aromatic N) is 1. The monoisotopic (exact) mass is 323 g/mol. The number of aromatic amines is 1. The average Bonchev–Trinajstić information content (AvgIpc) is 2.72. The van der Waals surface area contributed by atoms with Gasteiger partial charge in [-0.2, -0.15) is 13.2 Å². The molecular formula is C13H20F3N3O3. The van der Waals surface area contributed by atoms with Crippen molar-refractivity contribution in [2.75, 3.05) is 0 Å². The molecule has 0 aliphatic rings. The second kappa shape index (κ2) is 5.79. The van der Waals surface area contributed by atoms with Crippen LogP contribution in [-0.4, -0.2) is 32.3 Å². The minimum absolute atomic E-state index is 0.298. The lowest BCUT2D eigenvalue weighted by atomic mass is 9.97. The molecule has 0 aliphatic heterocycles. The van der Waals surface area contributed by atoms with Gasteiger partial charge in [-0.15, -0.1) is 0 Å². The first kappa shape index (κ1) is 18.3. The maximum Gasteiger partial charge on any atom is 0.432 e. The Morgan fingerprint density at radius 1 is 1.32 bits per heavy atom. The Hall–Kier alpha value is -1.77. The van der Waals surface area contributed by atoms with Crippen molar-refractivity contribution in [1.82, 2.24) is 15.3 Å². The quantitative estimate of drug-likeness (QED) is 0.798. The maximum absolute atomic E-state index is 12.5. The van der Waals surface area contributed by atoms with Crippen molar-refractivity contribution in [2.45, 2.75) is 58.0 Å². The number of carbonyl (C=O) groups is 1. The Kier molecular flexibility index (Phi) is 4.81. The molecule has 0 aliphatic carbocycles. The summed E-state index contributed by atoms with van der Waals surface area (Å²) in [6, 6.07) is 0. The third-order valence-corrected chi connectivity index (χ3v) is 2.67. The summed E-state index contributed by atoms with van der Waals surface area (Å²) < 4.78 is 42.6.